The van der Waals surface area contributed by atoms with E-state index in [2.05, 4.69) is 25.2 Å². The van der Waals surface area contributed by atoms with E-state index in [0.29, 0.717) is 30.9 Å². The molecule has 0 aliphatic carbocycles. The number of anilines is 1. The van der Waals surface area contributed by atoms with Crippen molar-refractivity contribution in [1.29, 1.82) is 0 Å². The van der Waals surface area contributed by atoms with E-state index in [0.717, 1.165) is 18.8 Å². The summed E-state index contributed by atoms with van der Waals surface area (Å²) in [6.45, 7) is 9.45. The van der Waals surface area contributed by atoms with E-state index in [1.807, 2.05) is 25.3 Å². The number of alkyl carbamates (subject to hydrolysis) is 1. The summed E-state index contributed by atoms with van der Waals surface area (Å²) < 4.78 is 12.1. The van der Waals surface area contributed by atoms with Gasteiger partial charge in [0.2, 0.25) is 0 Å². The lowest BCUT2D eigenvalue weighted by Gasteiger charge is -2.22. The van der Waals surface area contributed by atoms with Gasteiger partial charge >= 0.3 is 12.1 Å². The van der Waals surface area contributed by atoms with Crippen LogP contribution in [0.2, 0.25) is 0 Å². The summed E-state index contributed by atoms with van der Waals surface area (Å²) in [6, 6.07) is -0.0271. The summed E-state index contributed by atoms with van der Waals surface area (Å²) in [5, 5.41) is 2.91. The Bertz CT molecular complexity index is 875. The van der Waals surface area contributed by atoms with Crippen molar-refractivity contribution < 1.29 is 19.1 Å². The molecule has 1 saturated heterocycles. The van der Waals surface area contributed by atoms with Crippen molar-refractivity contribution in [3.05, 3.63) is 12.7 Å². The summed E-state index contributed by atoms with van der Waals surface area (Å²) in [5.41, 5.74) is 0.814. The lowest BCUT2D eigenvalue weighted by Crippen LogP contribution is -2.40. The van der Waals surface area contributed by atoms with Crippen molar-refractivity contribution in [3.8, 4) is 0 Å². The fourth-order valence-corrected chi connectivity index (χ4v) is 3.25. The van der Waals surface area contributed by atoms with E-state index in [-0.39, 0.29) is 18.4 Å². The normalized spacial score (nSPS) is 16.8. The van der Waals surface area contributed by atoms with Crippen LogP contribution in [0, 0.1) is 0 Å². The maximum absolute atomic E-state index is 12.0. The summed E-state index contributed by atoms with van der Waals surface area (Å²) in [5.74, 6) is 0.470. The van der Waals surface area contributed by atoms with Crippen LogP contribution in [0.3, 0.4) is 0 Å². The predicted molar refractivity (Wildman–Crippen MR) is 107 cm³/mol. The summed E-state index contributed by atoms with van der Waals surface area (Å²) in [6.07, 6.45) is 3.78. The molecule has 29 heavy (non-hydrogen) atoms. The number of rotatable bonds is 6. The van der Waals surface area contributed by atoms with Gasteiger partial charge in [-0.25, -0.2) is 19.7 Å². The molecule has 2 aromatic heterocycles. The highest BCUT2D eigenvalue weighted by Crippen LogP contribution is 2.25. The fourth-order valence-electron chi connectivity index (χ4n) is 3.25. The molecule has 1 fully saturated rings. The van der Waals surface area contributed by atoms with Gasteiger partial charge in [0.05, 0.1) is 25.4 Å². The maximum atomic E-state index is 12.0. The predicted octanol–water partition coefficient (Wildman–Crippen LogP) is 1.88. The molecular formula is C19H28N6O4. The summed E-state index contributed by atoms with van der Waals surface area (Å²) in [4.78, 5) is 38.9. The van der Waals surface area contributed by atoms with Gasteiger partial charge in [0.1, 0.15) is 11.9 Å². The quantitative estimate of drug-likeness (QED) is 0.727. The lowest BCUT2D eigenvalue weighted by molar-refractivity contribution is -0.143. The summed E-state index contributed by atoms with van der Waals surface area (Å²) in [7, 11) is 0. The second-order valence-corrected chi connectivity index (χ2v) is 7.94. The van der Waals surface area contributed by atoms with Crippen molar-refractivity contribution >= 4 is 29.0 Å². The first kappa shape index (κ1) is 20.8. The Morgan fingerprint density at radius 2 is 2.07 bits per heavy atom. The van der Waals surface area contributed by atoms with Crippen LogP contribution in [-0.2, 0) is 20.8 Å². The number of fused-ring (bicyclic) bond motifs is 1. The zero-order valence-corrected chi connectivity index (χ0v) is 17.3. The molecule has 10 nitrogen and oxygen atoms in total. The van der Waals surface area contributed by atoms with E-state index in [1.165, 1.54) is 6.33 Å². The number of hydrogen-bond donors (Lipinski definition) is 1. The molecule has 1 aliphatic rings. The molecular weight excluding hydrogens is 376 g/mol. The second-order valence-electron chi connectivity index (χ2n) is 7.94. The highest BCUT2D eigenvalue weighted by molar-refractivity contribution is 5.83. The van der Waals surface area contributed by atoms with Gasteiger partial charge in [0, 0.05) is 19.6 Å². The maximum Gasteiger partial charge on any atom is 0.407 e. The van der Waals surface area contributed by atoms with E-state index in [4.69, 9.17) is 9.47 Å². The SMILES string of the molecule is CCOC(=O)CCn1cnc2c(N3CCC(NC(=O)OC(C)(C)C)C3)ncnc21. The van der Waals surface area contributed by atoms with E-state index in [9.17, 15) is 9.59 Å². The lowest BCUT2D eigenvalue weighted by atomic mass is 10.2. The molecule has 1 amide bonds. The number of amides is 1. The third-order valence-electron chi connectivity index (χ3n) is 4.45. The van der Waals surface area contributed by atoms with Gasteiger partial charge < -0.3 is 24.3 Å². The first-order valence-electron chi connectivity index (χ1n) is 9.82. The first-order valence-corrected chi connectivity index (χ1v) is 9.82. The highest BCUT2D eigenvalue weighted by atomic mass is 16.6. The molecule has 0 radical (unpaired) electrons. The molecule has 1 atom stereocenters. The van der Waals surface area contributed by atoms with E-state index < -0.39 is 11.7 Å². The van der Waals surface area contributed by atoms with Gasteiger partial charge in [-0.2, -0.15) is 0 Å². The molecule has 0 saturated carbocycles. The highest BCUT2D eigenvalue weighted by Gasteiger charge is 2.28. The minimum atomic E-state index is -0.530. The zero-order chi connectivity index (χ0) is 21.0. The molecule has 3 rings (SSSR count). The van der Waals surface area contributed by atoms with Crippen LogP contribution in [0.1, 0.15) is 40.5 Å². The number of esters is 1. The number of carbonyl (C=O) groups excluding carboxylic acids is 2. The van der Waals surface area contributed by atoms with Gasteiger partial charge in [-0.3, -0.25) is 4.79 Å². The average molecular weight is 404 g/mol. The van der Waals surface area contributed by atoms with Gasteiger partial charge in [-0.15, -0.1) is 0 Å². The third-order valence-corrected chi connectivity index (χ3v) is 4.45. The smallest absolute Gasteiger partial charge is 0.407 e. The molecule has 2 aromatic rings. The third kappa shape index (κ3) is 5.33. The Balaban J connectivity index is 1.66. The number of ether oxygens (including phenoxy) is 2. The monoisotopic (exact) mass is 404 g/mol. The Morgan fingerprint density at radius 3 is 2.79 bits per heavy atom. The van der Waals surface area contributed by atoms with Crippen molar-refractivity contribution in [2.24, 2.45) is 0 Å². The number of nitrogens with zero attached hydrogens (tertiary/aromatic N) is 5. The molecule has 158 valence electrons. The molecule has 0 bridgehead atoms. The second kappa shape index (κ2) is 8.62. The van der Waals surface area contributed by atoms with Crippen LogP contribution in [-0.4, -0.2) is 62.9 Å². The number of nitrogens with one attached hydrogen (secondary N) is 1. The van der Waals surface area contributed by atoms with E-state index >= 15 is 0 Å². The standard InChI is InChI=1S/C19H28N6O4/c1-5-28-14(26)7-9-25-12-22-15-16(20-11-21-17(15)25)24-8-6-13(10-24)23-18(27)29-19(2,3)4/h11-13H,5-10H2,1-4H3,(H,23,27). The molecule has 0 aromatic carbocycles. The summed E-state index contributed by atoms with van der Waals surface area (Å²) >= 11 is 0. The van der Waals surface area contributed by atoms with E-state index in [1.54, 1.807) is 13.3 Å². The van der Waals surface area contributed by atoms with Gasteiger partial charge in [0.25, 0.3) is 0 Å². The number of imidazole rings is 1. The average Bonchev–Trinajstić information content (AvgIpc) is 3.25. The van der Waals surface area contributed by atoms with Gasteiger partial charge in [-0.05, 0) is 34.1 Å². The van der Waals surface area contributed by atoms with Crippen LogP contribution >= 0.6 is 0 Å². The van der Waals surface area contributed by atoms with Crippen LogP contribution in [0.25, 0.3) is 11.2 Å². The Kier molecular flexibility index (Phi) is 6.19. The van der Waals surface area contributed by atoms with Crippen molar-refractivity contribution in [2.45, 2.75) is 58.7 Å². The minimum absolute atomic E-state index is 0.0271. The molecule has 1 aliphatic heterocycles. The van der Waals surface area contributed by atoms with Crippen LogP contribution in [0.15, 0.2) is 12.7 Å². The fraction of sp³-hybridized carbons (Fsp3) is 0.632. The first-order chi connectivity index (χ1) is 13.8. The van der Waals surface area contributed by atoms with Gasteiger partial charge in [-0.1, -0.05) is 0 Å². The van der Waals surface area contributed by atoms with Crippen LogP contribution < -0.4 is 10.2 Å². The van der Waals surface area contributed by atoms with Crippen molar-refractivity contribution in [3.63, 3.8) is 0 Å². The topological polar surface area (TPSA) is 111 Å². The Hall–Kier alpha value is -2.91. The molecule has 10 heteroatoms. The van der Waals surface area contributed by atoms with Crippen LogP contribution in [0.4, 0.5) is 10.6 Å². The Morgan fingerprint density at radius 1 is 1.28 bits per heavy atom. The molecule has 1 N–H and O–H groups in total. The van der Waals surface area contributed by atoms with Crippen molar-refractivity contribution in [2.75, 3.05) is 24.6 Å². The number of carbonyl (C=O) groups is 2. The van der Waals surface area contributed by atoms with Gasteiger partial charge in [0.15, 0.2) is 17.0 Å². The molecule has 1 unspecified atom stereocenters. The minimum Gasteiger partial charge on any atom is -0.466 e. The number of aryl methyl sites for hydroxylation is 1. The largest absolute Gasteiger partial charge is 0.466 e. The van der Waals surface area contributed by atoms with Crippen LogP contribution in [0.5, 0.6) is 0 Å². The zero-order valence-electron chi connectivity index (χ0n) is 17.3. The van der Waals surface area contributed by atoms with Crippen molar-refractivity contribution in [1.82, 2.24) is 24.8 Å². The number of hydrogen-bond acceptors (Lipinski definition) is 8. The Labute approximate surface area is 169 Å². The number of aromatic nitrogens is 4. The molecule has 0 spiro atoms. The molecule has 3 heterocycles.